The fourth-order valence-corrected chi connectivity index (χ4v) is 3.11. The summed E-state index contributed by atoms with van der Waals surface area (Å²) in [4.78, 5) is 20.0. The van der Waals surface area contributed by atoms with Gasteiger partial charge in [0.05, 0.1) is 5.75 Å². The number of nitrogens with one attached hydrogen (secondary N) is 1. The first-order chi connectivity index (χ1) is 11.7. The molecule has 0 aliphatic heterocycles. The van der Waals surface area contributed by atoms with E-state index < -0.39 is 0 Å². The molecule has 0 saturated heterocycles. The summed E-state index contributed by atoms with van der Waals surface area (Å²) in [6.07, 6.45) is 3.22. The molecule has 0 spiro atoms. The van der Waals surface area contributed by atoms with Crippen LogP contribution in [0.3, 0.4) is 0 Å². The summed E-state index contributed by atoms with van der Waals surface area (Å²) in [5, 5.41) is 10.5. The molecule has 0 bridgehead atoms. The molecule has 0 radical (unpaired) electrons. The van der Waals surface area contributed by atoms with Crippen LogP contribution in [0.25, 0.3) is 0 Å². The van der Waals surface area contributed by atoms with Crippen molar-refractivity contribution >= 4 is 34.7 Å². The van der Waals surface area contributed by atoms with E-state index in [1.54, 1.807) is 36.1 Å². The Morgan fingerprint density at radius 2 is 2.17 bits per heavy atom. The van der Waals surface area contributed by atoms with Crippen molar-refractivity contribution in [2.24, 2.45) is 0 Å². The van der Waals surface area contributed by atoms with Crippen LogP contribution in [0.4, 0.5) is 5.69 Å². The largest absolute Gasteiger partial charge is 0.424 e. The van der Waals surface area contributed by atoms with Gasteiger partial charge in [-0.15, -0.1) is 10.2 Å². The molecule has 122 valence electrons. The molecular weight excluding hydrogens is 346 g/mol. The lowest BCUT2D eigenvalue weighted by molar-refractivity contribution is -0.113. The molecule has 0 aliphatic rings. The fraction of sp³-hybridized carbons (Fsp3) is 0.133. The van der Waals surface area contributed by atoms with E-state index in [1.165, 1.54) is 23.1 Å². The number of thioether (sulfide) groups is 1. The molecule has 3 rings (SSSR count). The highest BCUT2D eigenvalue weighted by Crippen LogP contribution is 2.25. The van der Waals surface area contributed by atoms with Crippen molar-refractivity contribution in [2.45, 2.75) is 11.3 Å². The molecule has 0 fully saturated rings. The van der Waals surface area contributed by atoms with E-state index in [2.05, 4.69) is 25.5 Å². The minimum atomic E-state index is -0.0987. The van der Waals surface area contributed by atoms with Crippen LogP contribution in [0, 0.1) is 6.92 Å². The zero-order chi connectivity index (χ0) is 16.8. The molecule has 24 heavy (non-hydrogen) atoms. The first kappa shape index (κ1) is 16.3. The van der Waals surface area contributed by atoms with E-state index in [4.69, 9.17) is 4.74 Å². The van der Waals surface area contributed by atoms with E-state index in [0.717, 1.165) is 15.6 Å². The summed E-state index contributed by atoms with van der Waals surface area (Å²) in [5.41, 5.74) is 3.26. The van der Waals surface area contributed by atoms with Crippen LogP contribution in [-0.4, -0.2) is 31.8 Å². The van der Waals surface area contributed by atoms with E-state index in [-0.39, 0.29) is 17.7 Å². The second kappa shape index (κ2) is 7.84. The van der Waals surface area contributed by atoms with E-state index in [0.29, 0.717) is 5.75 Å². The van der Waals surface area contributed by atoms with Crippen molar-refractivity contribution < 1.29 is 9.53 Å². The number of anilines is 1. The molecule has 0 aliphatic carbocycles. The molecule has 9 heteroatoms. The summed E-state index contributed by atoms with van der Waals surface area (Å²) in [7, 11) is 0. The van der Waals surface area contributed by atoms with Crippen LogP contribution in [-0.2, 0) is 4.79 Å². The van der Waals surface area contributed by atoms with Gasteiger partial charge in [-0.2, -0.15) is 0 Å². The minimum Gasteiger partial charge on any atom is -0.424 e. The van der Waals surface area contributed by atoms with Gasteiger partial charge in [0.1, 0.15) is 11.3 Å². The van der Waals surface area contributed by atoms with E-state index in [1.807, 2.05) is 13.0 Å². The number of benzene rings is 1. The molecule has 1 N–H and O–H groups in total. The highest BCUT2D eigenvalue weighted by atomic mass is 32.2. The van der Waals surface area contributed by atoms with Crippen molar-refractivity contribution in [3.05, 3.63) is 47.7 Å². The Balaban J connectivity index is 1.59. The predicted octanol–water partition coefficient (Wildman–Crippen LogP) is 3.16. The average molecular weight is 359 g/mol. The number of carbonyl (C=O) groups excluding carboxylic acids is 1. The Morgan fingerprint density at radius 1 is 1.33 bits per heavy atom. The molecule has 2 heterocycles. The molecule has 1 amide bonds. The van der Waals surface area contributed by atoms with Crippen LogP contribution >= 0.6 is 23.1 Å². The molecule has 1 aromatic carbocycles. The predicted molar refractivity (Wildman–Crippen MR) is 92.5 cm³/mol. The van der Waals surface area contributed by atoms with Crippen molar-refractivity contribution in [1.82, 2.24) is 20.2 Å². The third-order valence-electron chi connectivity index (χ3n) is 2.89. The van der Waals surface area contributed by atoms with Gasteiger partial charge in [-0.05, 0) is 36.8 Å². The molecular formula is C15H13N5O2S2. The summed E-state index contributed by atoms with van der Waals surface area (Å²) >= 11 is 2.77. The third kappa shape index (κ3) is 4.49. The van der Waals surface area contributed by atoms with Gasteiger partial charge >= 0.3 is 6.01 Å². The third-order valence-corrected chi connectivity index (χ3v) is 4.75. The lowest BCUT2D eigenvalue weighted by Gasteiger charge is -2.10. The van der Waals surface area contributed by atoms with Gasteiger partial charge in [0.15, 0.2) is 4.34 Å². The lowest BCUT2D eigenvalue weighted by atomic mass is 10.2. The number of nitrogens with zero attached hydrogens (tertiary/aromatic N) is 4. The Labute approximate surface area is 146 Å². The first-order valence-corrected chi connectivity index (χ1v) is 8.81. The molecule has 2 aromatic heterocycles. The number of aryl methyl sites for hydroxylation is 1. The van der Waals surface area contributed by atoms with Crippen LogP contribution in [0.2, 0.25) is 0 Å². The maximum absolute atomic E-state index is 12.0. The zero-order valence-corrected chi connectivity index (χ0v) is 14.3. The van der Waals surface area contributed by atoms with Crippen molar-refractivity contribution in [2.75, 3.05) is 11.1 Å². The standard InChI is InChI=1S/C15H13N5O2S2/c1-10-7-11(22-14-16-5-2-6-17-14)3-4-12(10)19-13(21)8-23-15-20-18-9-24-15/h2-7,9H,8H2,1H3,(H,19,21). The Hall–Kier alpha value is -2.52. The number of rotatable bonds is 6. The number of amides is 1. The Morgan fingerprint density at radius 3 is 2.88 bits per heavy atom. The molecule has 0 atom stereocenters. The van der Waals surface area contributed by atoms with Crippen molar-refractivity contribution in [1.29, 1.82) is 0 Å². The van der Waals surface area contributed by atoms with Gasteiger partial charge < -0.3 is 10.1 Å². The van der Waals surface area contributed by atoms with Gasteiger partial charge in [0.2, 0.25) is 5.91 Å². The molecule has 0 unspecified atom stereocenters. The maximum Gasteiger partial charge on any atom is 0.321 e. The average Bonchev–Trinajstić information content (AvgIpc) is 3.10. The van der Waals surface area contributed by atoms with E-state index >= 15 is 0 Å². The van der Waals surface area contributed by atoms with E-state index in [9.17, 15) is 4.79 Å². The van der Waals surface area contributed by atoms with Gasteiger partial charge in [0.25, 0.3) is 0 Å². The maximum atomic E-state index is 12.0. The molecule has 7 nitrogen and oxygen atoms in total. The number of ether oxygens (including phenoxy) is 1. The smallest absolute Gasteiger partial charge is 0.321 e. The number of carbonyl (C=O) groups is 1. The Kier molecular flexibility index (Phi) is 5.34. The highest BCUT2D eigenvalue weighted by Gasteiger charge is 2.09. The zero-order valence-electron chi connectivity index (χ0n) is 12.7. The number of hydrogen-bond acceptors (Lipinski definition) is 8. The minimum absolute atomic E-state index is 0.0987. The topological polar surface area (TPSA) is 89.9 Å². The van der Waals surface area contributed by atoms with Crippen LogP contribution < -0.4 is 10.1 Å². The van der Waals surface area contributed by atoms with Gasteiger partial charge in [-0.1, -0.05) is 23.1 Å². The quantitative estimate of drug-likeness (QED) is 0.676. The molecule has 3 aromatic rings. The monoisotopic (exact) mass is 359 g/mol. The summed E-state index contributed by atoms with van der Waals surface area (Å²) in [5.74, 6) is 0.795. The van der Waals surface area contributed by atoms with Crippen molar-refractivity contribution in [3.63, 3.8) is 0 Å². The van der Waals surface area contributed by atoms with Crippen LogP contribution in [0.15, 0.2) is 46.5 Å². The number of hydrogen-bond donors (Lipinski definition) is 1. The Bertz CT molecular complexity index is 812. The highest BCUT2D eigenvalue weighted by molar-refractivity contribution is 8.01. The van der Waals surface area contributed by atoms with Gasteiger partial charge in [-0.25, -0.2) is 9.97 Å². The van der Waals surface area contributed by atoms with Gasteiger partial charge in [0, 0.05) is 18.1 Å². The lowest BCUT2D eigenvalue weighted by Crippen LogP contribution is -2.14. The summed E-state index contributed by atoms with van der Waals surface area (Å²) < 4.78 is 6.33. The first-order valence-electron chi connectivity index (χ1n) is 6.95. The van der Waals surface area contributed by atoms with Gasteiger partial charge in [-0.3, -0.25) is 4.79 Å². The second-order valence-corrected chi connectivity index (χ2v) is 6.71. The molecule has 0 saturated carbocycles. The van der Waals surface area contributed by atoms with Crippen LogP contribution in [0.5, 0.6) is 11.8 Å². The summed E-state index contributed by atoms with van der Waals surface area (Å²) in [6, 6.07) is 7.38. The normalized spacial score (nSPS) is 10.4. The SMILES string of the molecule is Cc1cc(Oc2ncccn2)ccc1NC(=O)CSc1nncs1. The van der Waals surface area contributed by atoms with Crippen molar-refractivity contribution in [3.8, 4) is 11.8 Å². The second-order valence-electron chi connectivity index (χ2n) is 4.65. The fourth-order valence-electron chi connectivity index (χ4n) is 1.82. The van der Waals surface area contributed by atoms with Crippen LogP contribution in [0.1, 0.15) is 5.56 Å². The number of aromatic nitrogens is 4. The summed E-state index contributed by atoms with van der Waals surface area (Å²) in [6.45, 7) is 1.90.